The standard InChI is InChI=1S/C18H38N.C12H10.C9H13.C6H7Si.CH3.Ti/c1-2-3-4-5-6-7-8-9-10-11-12-13-14-15-16-17-18-19;1-3-7-11(8-4-1)12-9-5-2-6-10-12;1-6-5-7(2)9(4)8(6)3;7-6-4-2-1-3-5-6;;/h19H,2-18H2,1H3;1-10H;6H,1-4H3;1-5H,7H2;1H3;/q-1;;;;;+1. The third kappa shape index (κ3) is 15.0. The average molecular weight is 714 g/mol. The second-order valence-electron chi connectivity index (χ2n) is 15.0. The van der Waals surface area contributed by atoms with Crippen LogP contribution in [0.1, 0.15) is 137 Å². The van der Waals surface area contributed by atoms with Crippen LogP contribution in [0.25, 0.3) is 11.1 Å². The van der Waals surface area contributed by atoms with Crippen LogP contribution in [0, 0.1) is 5.92 Å². The zero-order valence-corrected chi connectivity index (χ0v) is 35.4. The second-order valence-corrected chi connectivity index (χ2v) is 29.2. The Balaban J connectivity index is 0.000000449. The van der Waals surface area contributed by atoms with Crippen molar-refractivity contribution < 1.29 is 16.1 Å². The van der Waals surface area contributed by atoms with Crippen molar-refractivity contribution in [2.45, 2.75) is 143 Å². The van der Waals surface area contributed by atoms with E-state index in [0.717, 1.165) is 0 Å². The Morgan fingerprint density at radius 1 is 0.531 bits per heavy atom. The minimum Gasteiger partial charge on any atom is -0.0622 e. The Bertz CT molecular complexity index is 1310. The molecule has 3 heteroatoms. The topological polar surface area (TPSA) is 12.0 Å². The molecule has 1 aliphatic rings. The van der Waals surface area contributed by atoms with Gasteiger partial charge in [0, 0.05) is 0 Å². The number of hydrogen-bond acceptors (Lipinski definition) is 1. The first-order valence-corrected chi connectivity index (χ1v) is 28.0. The molecule has 3 aromatic carbocycles. The maximum Gasteiger partial charge on any atom is -0.0184 e. The largest absolute Gasteiger partial charge is 0.0622 e. The fourth-order valence-electron chi connectivity index (χ4n) is 7.81. The van der Waals surface area contributed by atoms with E-state index in [4.69, 9.17) is 0 Å². The Kier molecular flexibility index (Phi) is 20.5. The number of benzene rings is 3. The van der Waals surface area contributed by atoms with Crippen molar-refractivity contribution in [2.75, 3.05) is 6.54 Å². The molecule has 0 saturated carbocycles. The molecule has 0 amide bonds. The van der Waals surface area contributed by atoms with Crippen molar-refractivity contribution in [3.8, 4) is 11.1 Å². The predicted molar refractivity (Wildman–Crippen MR) is 220 cm³/mol. The van der Waals surface area contributed by atoms with Crippen molar-refractivity contribution in [2.24, 2.45) is 5.92 Å². The first kappa shape index (κ1) is 41.5. The first-order valence-electron chi connectivity index (χ1n) is 20.2. The van der Waals surface area contributed by atoms with E-state index in [1.165, 1.54) is 120 Å². The van der Waals surface area contributed by atoms with Gasteiger partial charge in [-0.15, -0.1) is 0 Å². The fourth-order valence-corrected chi connectivity index (χ4v) is 23.8. The Labute approximate surface area is 308 Å². The Morgan fingerprint density at radius 3 is 1.31 bits per heavy atom. The summed E-state index contributed by atoms with van der Waals surface area (Å²) in [4.78, 5) is 0. The van der Waals surface area contributed by atoms with Gasteiger partial charge in [0.05, 0.1) is 0 Å². The molecule has 0 aromatic heterocycles. The minimum absolute atomic E-state index is 0.307. The maximum atomic E-state index is 4.30. The van der Waals surface area contributed by atoms with E-state index in [0.29, 0.717) is 5.92 Å². The number of nitrogens with one attached hydrogen (secondary N) is 1. The molecule has 0 spiro atoms. The number of allylic oxidation sites excluding steroid dienone is 4. The van der Waals surface area contributed by atoms with E-state index in [2.05, 4.69) is 123 Å². The molecule has 1 aliphatic carbocycles. The number of hydrogen-bond donors (Lipinski definition) is 1. The quantitative estimate of drug-likeness (QED) is 0.0807. The van der Waals surface area contributed by atoms with Crippen LogP contribution >= 0.6 is 0 Å². The maximum absolute atomic E-state index is 4.30. The molecule has 268 valence electrons. The summed E-state index contributed by atoms with van der Waals surface area (Å²) in [7, 11) is -0.307. The van der Waals surface area contributed by atoms with Gasteiger partial charge in [-0.2, -0.15) is 0 Å². The molecule has 2 atom stereocenters. The molecular formula is C46H71NSiTi. The monoisotopic (exact) mass is 713 g/mol. The predicted octanol–water partition coefficient (Wildman–Crippen LogP) is 13.0. The van der Waals surface area contributed by atoms with Crippen molar-refractivity contribution >= 4 is 12.6 Å². The SMILES string of the molecule is CCCCCCCCCCCCCCCCCC[NH][Ti]([CH3])([SiH2]c1ccccc1)[C]1=C(C)C(C)=C(C)C1C.c1ccc(-c2ccccc2)cc1. The summed E-state index contributed by atoms with van der Waals surface area (Å²) in [5.74, 6) is 0.652. The van der Waals surface area contributed by atoms with Crippen LogP contribution in [0.5, 0.6) is 0 Å². The van der Waals surface area contributed by atoms with Gasteiger partial charge in [0.2, 0.25) is 0 Å². The van der Waals surface area contributed by atoms with Gasteiger partial charge in [-0.05, 0) is 11.1 Å². The molecule has 0 radical (unpaired) electrons. The summed E-state index contributed by atoms with van der Waals surface area (Å²) in [6, 6.07) is 32.2. The van der Waals surface area contributed by atoms with Crippen LogP contribution in [0.3, 0.4) is 0 Å². The molecule has 2 unspecified atom stereocenters. The molecule has 0 saturated heterocycles. The van der Waals surface area contributed by atoms with Crippen LogP contribution in [0.15, 0.2) is 112 Å². The van der Waals surface area contributed by atoms with Crippen LogP contribution in [-0.2, 0) is 16.1 Å². The molecule has 3 aromatic rings. The van der Waals surface area contributed by atoms with Gasteiger partial charge < -0.3 is 0 Å². The smallest absolute Gasteiger partial charge is 0.0184 e. The zero-order valence-electron chi connectivity index (χ0n) is 32.5. The Hall–Kier alpha value is -1.97. The molecule has 1 nitrogen and oxygen atoms in total. The molecule has 0 heterocycles. The third-order valence-corrected chi connectivity index (χ3v) is 25.2. The summed E-state index contributed by atoms with van der Waals surface area (Å²) in [5.41, 5.74) is 7.38. The van der Waals surface area contributed by atoms with Crippen molar-refractivity contribution in [1.82, 2.24) is 3.80 Å². The summed E-state index contributed by atoms with van der Waals surface area (Å²) in [6.07, 6.45) is 23.1. The summed E-state index contributed by atoms with van der Waals surface area (Å²) < 4.78 is 6.17. The third-order valence-electron chi connectivity index (χ3n) is 11.1. The molecule has 0 fully saturated rings. The van der Waals surface area contributed by atoms with Gasteiger partial charge in [0.15, 0.2) is 0 Å². The van der Waals surface area contributed by atoms with Crippen LogP contribution in [-0.4, -0.2) is 13.9 Å². The molecule has 1 N–H and O–H groups in total. The Morgan fingerprint density at radius 2 is 0.918 bits per heavy atom. The van der Waals surface area contributed by atoms with Crippen molar-refractivity contribution in [3.63, 3.8) is 0 Å². The van der Waals surface area contributed by atoms with Crippen molar-refractivity contribution in [1.29, 1.82) is 0 Å². The van der Waals surface area contributed by atoms with Crippen LogP contribution < -0.4 is 8.99 Å². The minimum atomic E-state index is -2.28. The van der Waals surface area contributed by atoms with E-state index in [9.17, 15) is 0 Å². The van der Waals surface area contributed by atoms with Gasteiger partial charge in [-0.1, -0.05) is 106 Å². The molecule has 4 rings (SSSR count). The van der Waals surface area contributed by atoms with E-state index in [1.807, 2.05) is 16.0 Å². The molecule has 0 bridgehead atoms. The molecule has 49 heavy (non-hydrogen) atoms. The van der Waals surface area contributed by atoms with E-state index >= 15 is 0 Å². The number of unbranched alkanes of at least 4 members (excludes halogenated alkanes) is 15. The fraction of sp³-hybridized carbons (Fsp3) is 0.522. The van der Waals surface area contributed by atoms with Gasteiger partial charge in [-0.25, -0.2) is 0 Å². The summed E-state index contributed by atoms with van der Waals surface area (Å²) >= 11 is -2.28. The molecule has 0 aliphatic heterocycles. The van der Waals surface area contributed by atoms with Crippen molar-refractivity contribution in [3.05, 3.63) is 112 Å². The van der Waals surface area contributed by atoms with Gasteiger partial charge in [-0.3, -0.25) is 0 Å². The first-order chi connectivity index (χ1) is 23.9. The second kappa shape index (κ2) is 24.3. The average Bonchev–Trinajstić information content (AvgIpc) is 3.33. The summed E-state index contributed by atoms with van der Waals surface area (Å²) in [5, 5.41) is 4.35. The van der Waals surface area contributed by atoms with Crippen LogP contribution in [0.4, 0.5) is 0 Å². The van der Waals surface area contributed by atoms with Gasteiger partial charge in [0.25, 0.3) is 0 Å². The van der Waals surface area contributed by atoms with Gasteiger partial charge >= 0.3 is 193 Å². The van der Waals surface area contributed by atoms with E-state index in [1.54, 1.807) is 21.9 Å². The van der Waals surface area contributed by atoms with E-state index in [-0.39, 0.29) is 7.39 Å². The molecular weight excluding hydrogens is 642 g/mol. The van der Waals surface area contributed by atoms with Gasteiger partial charge in [0.1, 0.15) is 0 Å². The van der Waals surface area contributed by atoms with E-state index < -0.39 is 16.1 Å². The zero-order chi connectivity index (χ0) is 35.2. The summed E-state index contributed by atoms with van der Waals surface area (Å²) in [6.45, 7) is 13.2. The number of rotatable bonds is 22. The van der Waals surface area contributed by atoms with Crippen LogP contribution in [0.2, 0.25) is 5.23 Å². The normalized spacial score (nSPS) is 15.9.